The zero-order valence-electron chi connectivity index (χ0n) is 11.2. The van der Waals surface area contributed by atoms with Gasteiger partial charge in [-0.3, -0.25) is 0 Å². The lowest BCUT2D eigenvalue weighted by molar-refractivity contribution is 0.272. The highest BCUT2D eigenvalue weighted by molar-refractivity contribution is 7.89. The van der Waals surface area contributed by atoms with Gasteiger partial charge >= 0.3 is 0 Å². The van der Waals surface area contributed by atoms with Gasteiger partial charge in [-0.25, -0.2) is 13.1 Å². The SMILES string of the molecule is CC(CNS(=O)(=O)c1cc(CO)n(C)c1)N(C)C. The van der Waals surface area contributed by atoms with Crippen molar-refractivity contribution in [2.75, 3.05) is 20.6 Å². The van der Waals surface area contributed by atoms with Crippen molar-refractivity contribution in [1.82, 2.24) is 14.2 Å². The van der Waals surface area contributed by atoms with Crippen molar-refractivity contribution in [3.05, 3.63) is 18.0 Å². The Bertz CT molecular complexity index is 494. The summed E-state index contributed by atoms with van der Waals surface area (Å²) in [6.07, 6.45) is 1.49. The summed E-state index contributed by atoms with van der Waals surface area (Å²) in [7, 11) is 1.98. The van der Waals surface area contributed by atoms with Crippen molar-refractivity contribution in [2.45, 2.75) is 24.5 Å². The number of aromatic nitrogens is 1. The van der Waals surface area contributed by atoms with E-state index in [1.54, 1.807) is 11.6 Å². The van der Waals surface area contributed by atoms with Crippen LogP contribution in [-0.4, -0.2) is 49.7 Å². The predicted octanol–water partition coefficient (Wildman–Crippen LogP) is -0.254. The van der Waals surface area contributed by atoms with E-state index in [-0.39, 0.29) is 17.5 Å². The van der Waals surface area contributed by atoms with E-state index >= 15 is 0 Å². The van der Waals surface area contributed by atoms with Gasteiger partial charge in [0.15, 0.2) is 0 Å². The van der Waals surface area contributed by atoms with Gasteiger partial charge in [0.1, 0.15) is 0 Å². The highest BCUT2D eigenvalue weighted by atomic mass is 32.2. The smallest absolute Gasteiger partial charge is 0.242 e. The van der Waals surface area contributed by atoms with Crippen molar-refractivity contribution < 1.29 is 13.5 Å². The molecule has 0 spiro atoms. The number of aryl methyl sites for hydroxylation is 1. The van der Waals surface area contributed by atoms with Gasteiger partial charge in [0, 0.05) is 31.5 Å². The second-order valence-electron chi connectivity index (χ2n) is 4.60. The summed E-state index contributed by atoms with van der Waals surface area (Å²) in [5.41, 5.74) is 0.566. The maximum atomic E-state index is 12.0. The summed E-state index contributed by atoms with van der Waals surface area (Å²) < 4.78 is 28.2. The molecule has 0 radical (unpaired) electrons. The molecule has 0 aliphatic carbocycles. The molecule has 2 N–H and O–H groups in total. The molecule has 1 aromatic heterocycles. The van der Waals surface area contributed by atoms with E-state index in [1.807, 2.05) is 25.9 Å². The van der Waals surface area contributed by atoms with E-state index in [2.05, 4.69) is 4.72 Å². The number of hydrogen-bond donors (Lipinski definition) is 2. The Kier molecular flexibility index (Phi) is 4.92. The predicted molar refractivity (Wildman–Crippen MR) is 69.7 cm³/mol. The zero-order chi connectivity index (χ0) is 13.9. The number of aliphatic hydroxyl groups excluding tert-OH is 1. The summed E-state index contributed by atoms with van der Waals surface area (Å²) in [5.74, 6) is 0. The summed E-state index contributed by atoms with van der Waals surface area (Å²) >= 11 is 0. The monoisotopic (exact) mass is 275 g/mol. The molecule has 104 valence electrons. The van der Waals surface area contributed by atoms with Crippen molar-refractivity contribution in [3.8, 4) is 0 Å². The second-order valence-corrected chi connectivity index (χ2v) is 6.37. The highest BCUT2D eigenvalue weighted by Crippen LogP contribution is 2.13. The molecule has 1 unspecified atom stereocenters. The van der Waals surface area contributed by atoms with E-state index < -0.39 is 10.0 Å². The third-order valence-corrected chi connectivity index (χ3v) is 4.40. The quantitative estimate of drug-likeness (QED) is 0.750. The maximum absolute atomic E-state index is 12.0. The van der Waals surface area contributed by atoms with Crippen molar-refractivity contribution in [3.63, 3.8) is 0 Å². The Hall–Kier alpha value is -0.890. The molecule has 1 aromatic rings. The fraction of sp³-hybridized carbons (Fsp3) is 0.636. The molecular weight excluding hydrogens is 254 g/mol. The maximum Gasteiger partial charge on any atom is 0.242 e. The molecule has 7 heteroatoms. The first-order valence-corrected chi connectivity index (χ1v) is 7.18. The van der Waals surface area contributed by atoms with Gasteiger partial charge in [-0.05, 0) is 27.1 Å². The Morgan fingerprint density at radius 1 is 1.50 bits per heavy atom. The van der Waals surface area contributed by atoms with Crippen LogP contribution < -0.4 is 4.72 Å². The molecule has 1 atom stereocenters. The molecule has 0 saturated heterocycles. The fourth-order valence-electron chi connectivity index (χ4n) is 1.38. The molecular formula is C11H21N3O3S. The van der Waals surface area contributed by atoms with Crippen molar-refractivity contribution in [2.24, 2.45) is 7.05 Å². The molecule has 0 fully saturated rings. The molecule has 0 aromatic carbocycles. The average molecular weight is 275 g/mol. The van der Waals surface area contributed by atoms with Crippen molar-refractivity contribution in [1.29, 1.82) is 0 Å². The molecule has 0 aliphatic rings. The number of nitrogens with one attached hydrogen (secondary N) is 1. The van der Waals surface area contributed by atoms with Gasteiger partial charge in [0.25, 0.3) is 0 Å². The standard InChI is InChI=1S/C11H21N3O3S/c1-9(13(2)3)6-12-18(16,17)11-5-10(8-15)14(4)7-11/h5,7,9,12,15H,6,8H2,1-4H3. The van der Waals surface area contributed by atoms with Crippen LogP contribution in [0.2, 0.25) is 0 Å². The first kappa shape index (κ1) is 15.2. The Balaban J connectivity index is 2.80. The van der Waals surface area contributed by atoms with Gasteiger partial charge < -0.3 is 14.6 Å². The first-order valence-electron chi connectivity index (χ1n) is 5.70. The fourth-order valence-corrected chi connectivity index (χ4v) is 2.59. The van der Waals surface area contributed by atoms with Crippen LogP contribution in [0.3, 0.4) is 0 Å². The van der Waals surface area contributed by atoms with Crippen LogP contribution in [0.25, 0.3) is 0 Å². The lowest BCUT2D eigenvalue weighted by atomic mass is 10.3. The second kappa shape index (κ2) is 5.83. The van der Waals surface area contributed by atoms with Crippen LogP contribution >= 0.6 is 0 Å². The molecule has 1 rings (SSSR count). The number of aliphatic hydroxyl groups is 1. The first-order chi connectivity index (χ1) is 8.27. The topological polar surface area (TPSA) is 74.6 Å². The highest BCUT2D eigenvalue weighted by Gasteiger charge is 2.18. The van der Waals surface area contributed by atoms with Crippen LogP contribution in [0.1, 0.15) is 12.6 Å². The minimum absolute atomic E-state index is 0.112. The van der Waals surface area contributed by atoms with E-state index in [0.717, 1.165) is 0 Å². The molecule has 6 nitrogen and oxygen atoms in total. The third kappa shape index (κ3) is 3.55. The summed E-state index contributed by atoms with van der Waals surface area (Å²) in [6, 6.07) is 1.59. The summed E-state index contributed by atoms with van der Waals surface area (Å²) in [6.45, 7) is 2.10. The Labute approximate surface area is 108 Å². The van der Waals surface area contributed by atoms with E-state index in [9.17, 15) is 8.42 Å². The average Bonchev–Trinajstić information content (AvgIpc) is 2.68. The summed E-state index contributed by atoms with van der Waals surface area (Å²) in [4.78, 5) is 2.12. The van der Waals surface area contributed by atoms with Crippen LogP contribution in [0.15, 0.2) is 17.2 Å². The molecule has 0 saturated carbocycles. The van der Waals surface area contributed by atoms with Crippen LogP contribution in [0.5, 0.6) is 0 Å². The van der Waals surface area contributed by atoms with Crippen molar-refractivity contribution >= 4 is 10.0 Å². The number of hydrogen-bond acceptors (Lipinski definition) is 4. The number of sulfonamides is 1. The van der Waals surface area contributed by atoms with Gasteiger partial charge in [-0.1, -0.05) is 0 Å². The number of rotatable bonds is 6. The molecule has 0 aliphatic heterocycles. The number of nitrogens with zero attached hydrogens (tertiary/aromatic N) is 2. The molecule has 18 heavy (non-hydrogen) atoms. The largest absolute Gasteiger partial charge is 0.390 e. The lowest BCUT2D eigenvalue weighted by Gasteiger charge is -2.19. The van der Waals surface area contributed by atoms with Crippen LogP contribution in [0.4, 0.5) is 0 Å². The van der Waals surface area contributed by atoms with E-state index in [4.69, 9.17) is 5.11 Å². The Morgan fingerprint density at radius 3 is 2.56 bits per heavy atom. The molecule has 1 heterocycles. The number of likely N-dealkylation sites (N-methyl/N-ethyl adjacent to an activating group) is 1. The van der Waals surface area contributed by atoms with Gasteiger partial charge in [0.05, 0.1) is 11.5 Å². The van der Waals surface area contributed by atoms with Gasteiger partial charge in [-0.15, -0.1) is 0 Å². The molecule has 0 amide bonds. The summed E-state index contributed by atoms with van der Waals surface area (Å²) in [5, 5.41) is 9.05. The normalized spacial score (nSPS) is 14.1. The van der Waals surface area contributed by atoms with E-state index in [1.165, 1.54) is 12.3 Å². The van der Waals surface area contributed by atoms with Crippen LogP contribution in [-0.2, 0) is 23.7 Å². The Morgan fingerprint density at radius 2 is 2.11 bits per heavy atom. The minimum Gasteiger partial charge on any atom is -0.390 e. The van der Waals surface area contributed by atoms with Gasteiger partial charge in [0.2, 0.25) is 10.0 Å². The van der Waals surface area contributed by atoms with Gasteiger partial charge in [-0.2, -0.15) is 0 Å². The lowest BCUT2D eigenvalue weighted by Crippen LogP contribution is -2.38. The van der Waals surface area contributed by atoms with Crippen LogP contribution in [0, 0.1) is 0 Å². The third-order valence-electron chi connectivity index (χ3n) is 3.01. The zero-order valence-corrected chi connectivity index (χ0v) is 12.0. The molecule has 0 bridgehead atoms. The minimum atomic E-state index is -3.51. The van der Waals surface area contributed by atoms with E-state index in [0.29, 0.717) is 12.2 Å².